The Balaban J connectivity index is 1.95. The number of nitrogens with zero attached hydrogens (tertiary/aromatic N) is 2. The molecule has 0 amide bonds. The van der Waals surface area contributed by atoms with Gasteiger partial charge in [-0.15, -0.1) is 0 Å². The lowest BCUT2D eigenvalue weighted by molar-refractivity contribution is -0.138. The number of hydrogen-bond donors (Lipinski definition) is 0. The van der Waals surface area contributed by atoms with Crippen LogP contribution in [0.15, 0.2) is 72.8 Å². The molecular weight excluding hydrogens is 544 g/mol. The summed E-state index contributed by atoms with van der Waals surface area (Å²) in [5.41, 5.74) is 2.49. The zero-order chi connectivity index (χ0) is 22.1. The molecule has 0 radical (unpaired) electrons. The summed E-state index contributed by atoms with van der Waals surface area (Å²) in [7, 11) is 0. The minimum absolute atomic E-state index is 0.197. The highest BCUT2D eigenvalue weighted by atomic mass is 79.9. The predicted octanol–water partition coefficient (Wildman–Crippen LogP) is 4.43. The van der Waals surface area contributed by atoms with Gasteiger partial charge in [-0.25, -0.2) is 9.79 Å². The van der Waals surface area contributed by atoms with Gasteiger partial charge in [0.1, 0.15) is 6.04 Å². The molecule has 3 aromatic rings. The van der Waals surface area contributed by atoms with Gasteiger partial charge in [0, 0.05) is 14.6 Å². The lowest BCUT2D eigenvalue weighted by atomic mass is 9.97. The first kappa shape index (κ1) is 21.9. The van der Waals surface area contributed by atoms with E-state index < -0.39 is 12.0 Å². The molecule has 1 aromatic heterocycles. The van der Waals surface area contributed by atoms with E-state index in [4.69, 9.17) is 9.73 Å². The molecule has 2 aromatic carbocycles. The Hall–Kier alpha value is -2.29. The smallest absolute Gasteiger partial charge is 0.338 e. The van der Waals surface area contributed by atoms with Crippen LogP contribution in [0.4, 0.5) is 0 Å². The van der Waals surface area contributed by atoms with Crippen LogP contribution in [-0.2, 0) is 9.53 Å². The summed E-state index contributed by atoms with van der Waals surface area (Å²) >= 11 is 8.21. The largest absolute Gasteiger partial charge is 0.463 e. The molecule has 0 bridgehead atoms. The Kier molecular flexibility index (Phi) is 6.41. The fourth-order valence-electron chi connectivity index (χ4n) is 3.45. The number of fused-ring (bicyclic) bond motifs is 1. The van der Waals surface area contributed by atoms with Crippen molar-refractivity contribution in [2.24, 2.45) is 4.99 Å². The third-order valence-corrected chi connectivity index (χ3v) is 6.88. The number of halogens is 2. The molecule has 1 atom stereocenters. The molecule has 8 heteroatoms. The summed E-state index contributed by atoms with van der Waals surface area (Å²) in [6.45, 7) is 3.78. The quantitative estimate of drug-likeness (QED) is 0.443. The first-order valence-electron chi connectivity index (χ1n) is 9.59. The van der Waals surface area contributed by atoms with E-state index in [1.54, 1.807) is 13.8 Å². The van der Waals surface area contributed by atoms with Crippen LogP contribution in [0, 0.1) is 0 Å². The lowest BCUT2D eigenvalue weighted by Gasteiger charge is -2.22. The van der Waals surface area contributed by atoms with Crippen LogP contribution in [0.3, 0.4) is 0 Å². The number of aromatic nitrogens is 1. The highest BCUT2D eigenvalue weighted by Gasteiger charge is 2.31. The second-order valence-corrected chi connectivity index (χ2v) is 9.73. The normalized spacial score (nSPS) is 16.1. The monoisotopic (exact) mass is 560 g/mol. The summed E-state index contributed by atoms with van der Waals surface area (Å²) in [4.78, 5) is 31.4. The summed E-state index contributed by atoms with van der Waals surface area (Å²) in [5.74, 6) is -0.460. The second kappa shape index (κ2) is 9.06. The van der Waals surface area contributed by atoms with Crippen molar-refractivity contribution in [3.63, 3.8) is 0 Å². The summed E-state index contributed by atoms with van der Waals surface area (Å²) < 4.78 is 9.24. The molecule has 0 aliphatic carbocycles. The topological polar surface area (TPSA) is 60.7 Å². The van der Waals surface area contributed by atoms with Crippen LogP contribution >= 0.6 is 43.2 Å². The Bertz CT molecular complexity index is 1370. The van der Waals surface area contributed by atoms with Gasteiger partial charge in [0.2, 0.25) is 0 Å². The number of hydrogen-bond acceptors (Lipinski definition) is 5. The maximum atomic E-state index is 13.2. The third kappa shape index (κ3) is 4.37. The fourth-order valence-corrected chi connectivity index (χ4v) is 5.17. The molecule has 4 rings (SSSR count). The number of carbonyl (C=O) groups excluding carboxylic acids is 1. The van der Waals surface area contributed by atoms with Gasteiger partial charge in [0.05, 0.1) is 16.7 Å². The van der Waals surface area contributed by atoms with Gasteiger partial charge < -0.3 is 4.74 Å². The van der Waals surface area contributed by atoms with Crippen LogP contribution in [0.2, 0.25) is 0 Å². The van der Waals surface area contributed by atoms with E-state index in [2.05, 4.69) is 31.9 Å². The molecule has 0 saturated heterocycles. The van der Waals surface area contributed by atoms with Gasteiger partial charge in [0.25, 0.3) is 5.56 Å². The number of esters is 1. The summed E-state index contributed by atoms with van der Waals surface area (Å²) in [6, 6.07) is 14.8. The van der Waals surface area contributed by atoms with Crippen LogP contribution in [0.25, 0.3) is 11.8 Å². The maximum absolute atomic E-state index is 13.2. The van der Waals surface area contributed by atoms with Crippen molar-refractivity contribution in [3.8, 4) is 0 Å². The van der Waals surface area contributed by atoms with Gasteiger partial charge in [-0.3, -0.25) is 9.36 Å². The molecule has 158 valence electrons. The Morgan fingerprint density at radius 3 is 2.61 bits per heavy atom. The number of thiazole rings is 1. The van der Waals surface area contributed by atoms with Crippen molar-refractivity contribution in [2.45, 2.75) is 19.9 Å². The Morgan fingerprint density at radius 1 is 1.19 bits per heavy atom. The first-order valence-corrected chi connectivity index (χ1v) is 12.0. The molecular formula is C23H18Br2N2O3S. The van der Waals surface area contributed by atoms with Crippen LogP contribution < -0.4 is 14.9 Å². The lowest BCUT2D eigenvalue weighted by Crippen LogP contribution is -2.35. The molecule has 31 heavy (non-hydrogen) atoms. The van der Waals surface area contributed by atoms with Crippen molar-refractivity contribution < 1.29 is 9.53 Å². The van der Waals surface area contributed by atoms with Gasteiger partial charge >= 0.3 is 5.97 Å². The maximum Gasteiger partial charge on any atom is 0.338 e. The SMILES string of the molecule is CCOC(=O)C1=C(C)n2c(s/c(=C\c3cccc(Br)c3)c2=O)=N[C@H]1c1ccc(Br)cc1. The van der Waals surface area contributed by atoms with Crippen molar-refractivity contribution in [1.82, 2.24) is 4.57 Å². The zero-order valence-corrected chi connectivity index (χ0v) is 20.8. The average Bonchev–Trinajstić information content (AvgIpc) is 3.04. The molecule has 1 aliphatic rings. The summed E-state index contributed by atoms with van der Waals surface area (Å²) in [5, 5.41) is 0. The van der Waals surface area contributed by atoms with Crippen molar-refractivity contribution >= 4 is 60.9 Å². The summed E-state index contributed by atoms with van der Waals surface area (Å²) in [6.07, 6.45) is 1.84. The average molecular weight is 562 g/mol. The van der Waals surface area contributed by atoms with E-state index >= 15 is 0 Å². The van der Waals surface area contributed by atoms with E-state index in [1.165, 1.54) is 15.9 Å². The third-order valence-electron chi connectivity index (χ3n) is 4.87. The molecule has 2 heterocycles. The molecule has 0 N–H and O–H groups in total. The molecule has 5 nitrogen and oxygen atoms in total. The van der Waals surface area contributed by atoms with Crippen molar-refractivity contribution in [3.05, 3.63) is 93.9 Å². The number of rotatable bonds is 4. The highest BCUT2D eigenvalue weighted by Crippen LogP contribution is 2.32. The van der Waals surface area contributed by atoms with Crippen LogP contribution in [-0.4, -0.2) is 17.1 Å². The van der Waals surface area contributed by atoms with Crippen molar-refractivity contribution in [2.75, 3.05) is 6.61 Å². The van der Waals surface area contributed by atoms with Crippen LogP contribution in [0.5, 0.6) is 0 Å². The van der Waals surface area contributed by atoms with E-state index in [-0.39, 0.29) is 12.2 Å². The van der Waals surface area contributed by atoms with Crippen LogP contribution in [0.1, 0.15) is 31.0 Å². The Labute approximate surface area is 199 Å². The minimum atomic E-state index is -0.538. The minimum Gasteiger partial charge on any atom is -0.463 e. The molecule has 0 spiro atoms. The van der Waals surface area contributed by atoms with Gasteiger partial charge in [0.15, 0.2) is 4.80 Å². The van der Waals surface area contributed by atoms with E-state index in [0.29, 0.717) is 20.6 Å². The predicted molar refractivity (Wildman–Crippen MR) is 129 cm³/mol. The van der Waals surface area contributed by atoms with E-state index in [9.17, 15) is 9.59 Å². The first-order chi connectivity index (χ1) is 14.9. The number of ether oxygens (including phenoxy) is 1. The standard InChI is InChI=1S/C23H18Br2N2O3S/c1-3-30-22(29)19-13(2)27-21(28)18(12-14-5-4-6-17(25)11-14)31-23(27)26-20(19)15-7-9-16(24)10-8-15/h4-12,20H,3H2,1-2H3/b18-12-/t20-/m0/s1. The second-order valence-electron chi connectivity index (χ2n) is 6.89. The van der Waals surface area contributed by atoms with Gasteiger partial charge in [-0.05, 0) is 55.3 Å². The fraction of sp³-hybridized carbons (Fsp3) is 0.174. The molecule has 0 unspecified atom stereocenters. The Morgan fingerprint density at radius 2 is 1.94 bits per heavy atom. The zero-order valence-electron chi connectivity index (χ0n) is 16.8. The van der Waals surface area contributed by atoms with Crippen molar-refractivity contribution in [1.29, 1.82) is 0 Å². The number of allylic oxidation sites excluding steroid dienone is 1. The molecule has 0 fully saturated rings. The van der Waals surface area contributed by atoms with Gasteiger partial charge in [-0.2, -0.15) is 0 Å². The molecule has 0 saturated carbocycles. The number of carbonyl (C=O) groups is 1. The van der Waals surface area contributed by atoms with Gasteiger partial charge in [-0.1, -0.05) is 67.5 Å². The highest BCUT2D eigenvalue weighted by molar-refractivity contribution is 9.10. The number of benzene rings is 2. The van der Waals surface area contributed by atoms with E-state index in [0.717, 1.165) is 20.1 Å². The van der Waals surface area contributed by atoms with E-state index in [1.807, 2.05) is 54.6 Å². The molecule has 1 aliphatic heterocycles.